The van der Waals surface area contributed by atoms with E-state index in [4.69, 9.17) is 0 Å². The monoisotopic (exact) mass is 498 g/mol. The number of nitrogens with one attached hydrogen (secondary N) is 1. The maximum atomic E-state index is 13.3. The van der Waals surface area contributed by atoms with E-state index in [1.165, 1.54) is 47.3 Å². The molecule has 8 nitrogen and oxygen atoms in total. The normalized spacial score (nSPS) is 16.8. The van der Waals surface area contributed by atoms with Gasteiger partial charge in [0.1, 0.15) is 6.04 Å². The van der Waals surface area contributed by atoms with E-state index >= 15 is 0 Å². The van der Waals surface area contributed by atoms with Crippen molar-refractivity contribution in [3.05, 3.63) is 66.5 Å². The fourth-order valence-corrected chi connectivity index (χ4v) is 6.30. The topological polar surface area (TPSA) is 101 Å². The van der Waals surface area contributed by atoms with Crippen LogP contribution in [0.1, 0.15) is 36.5 Å². The van der Waals surface area contributed by atoms with Gasteiger partial charge in [0.25, 0.3) is 0 Å². The standard InChI is InChI=1S/C24H26N4O4S2/c1-17(29)18-6-12-21(13-7-18)34(31,32)28-15-4-3-5-22(28)23(30)26-19-8-10-20(11-9-19)33-24-25-14-16-27(24)2/h6-14,16,22H,3-5,15H2,1-2H3,(H,26,30). The van der Waals surface area contributed by atoms with Gasteiger partial charge in [0.2, 0.25) is 15.9 Å². The van der Waals surface area contributed by atoms with Crippen LogP contribution in [0.4, 0.5) is 5.69 Å². The molecule has 3 aromatic rings. The van der Waals surface area contributed by atoms with Gasteiger partial charge in [-0.2, -0.15) is 4.31 Å². The van der Waals surface area contributed by atoms with Crippen LogP contribution in [-0.4, -0.2) is 46.6 Å². The highest BCUT2D eigenvalue weighted by molar-refractivity contribution is 7.99. The maximum absolute atomic E-state index is 13.3. The largest absolute Gasteiger partial charge is 0.329 e. The summed E-state index contributed by atoms with van der Waals surface area (Å²) in [7, 11) is -1.96. The molecular weight excluding hydrogens is 472 g/mol. The Labute approximate surface area is 203 Å². The Bertz CT molecular complexity index is 1290. The minimum Gasteiger partial charge on any atom is -0.329 e. The molecule has 2 aromatic carbocycles. The summed E-state index contributed by atoms with van der Waals surface area (Å²) in [6, 6.07) is 12.4. The summed E-state index contributed by atoms with van der Waals surface area (Å²) >= 11 is 1.51. The highest BCUT2D eigenvalue weighted by Gasteiger charge is 2.37. The number of imidazole rings is 1. The second-order valence-electron chi connectivity index (χ2n) is 8.14. The van der Waals surface area contributed by atoms with Crippen molar-refractivity contribution in [1.29, 1.82) is 0 Å². The predicted octanol–water partition coefficient (Wildman–Crippen LogP) is 3.96. The number of rotatable bonds is 7. The summed E-state index contributed by atoms with van der Waals surface area (Å²) < 4.78 is 29.8. The lowest BCUT2D eigenvalue weighted by Crippen LogP contribution is -2.49. The van der Waals surface area contributed by atoms with E-state index in [9.17, 15) is 18.0 Å². The number of hydrogen-bond acceptors (Lipinski definition) is 6. The number of amides is 1. The zero-order valence-electron chi connectivity index (χ0n) is 19.0. The molecule has 0 aliphatic carbocycles. The van der Waals surface area contributed by atoms with E-state index < -0.39 is 16.1 Å². The third-order valence-corrected chi connectivity index (χ3v) is 8.74. The molecule has 34 heavy (non-hydrogen) atoms. The third-order valence-electron chi connectivity index (χ3n) is 5.73. The van der Waals surface area contributed by atoms with Crippen molar-refractivity contribution in [2.24, 2.45) is 7.05 Å². The molecule has 1 amide bonds. The lowest BCUT2D eigenvalue weighted by molar-refractivity contribution is -0.120. The van der Waals surface area contributed by atoms with E-state index in [1.807, 2.05) is 29.9 Å². The Kier molecular flexibility index (Phi) is 7.20. The molecule has 1 N–H and O–H groups in total. The minimum absolute atomic E-state index is 0.0767. The molecule has 4 rings (SSSR count). The molecule has 1 atom stereocenters. The van der Waals surface area contributed by atoms with E-state index in [-0.39, 0.29) is 23.1 Å². The van der Waals surface area contributed by atoms with Crippen LogP contribution in [0.25, 0.3) is 0 Å². The summed E-state index contributed by atoms with van der Waals surface area (Å²) in [5.41, 5.74) is 1.04. The average molecular weight is 499 g/mol. The fourth-order valence-electron chi connectivity index (χ4n) is 3.84. The van der Waals surface area contributed by atoms with Crippen LogP contribution in [0.2, 0.25) is 0 Å². The Morgan fingerprint density at radius 3 is 2.38 bits per heavy atom. The summed E-state index contributed by atoms with van der Waals surface area (Å²) in [6.45, 7) is 1.70. The van der Waals surface area contributed by atoms with Crippen molar-refractivity contribution in [1.82, 2.24) is 13.9 Å². The molecule has 0 radical (unpaired) electrons. The number of ketones is 1. The Morgan fingerprint density at radius 2 is 1.76 bits per heavy atom. The molecule has 0 spiro atoms. The van der Waals surface area contributed by atoms with Crippen LogP contribution >= 0.6 is 11.8 Å². The van der Waals surface area contributed by atoms with Crippen molar-refractivity contribution in [3.8, 4) is 0 Å². The number of Topliss-reactive ketones (excluding diaryl/α,β-unsaturated/α-hetero) is 1. The van der Waals surface area contributed by atoms with Gasteiger partial charge < -0.3 is 9.88 Å². The number of carbonyl (C=O) groups is 2. The zero-order valence-corrected chi connectivity index (χ0v) is 20.6. The lowest BCUT2D eigenvalue weighted by Gasteiger charge is -2.33. The van der Waals surface area contributed by atoms with Gasteiger partial charge in [-0.15, -0.1) is 0 Å². The number of carbonyl (C=O) groups excluding carboxylic acids is 2. The smallest absolute Gasteiger partial charge is 0.243 e. The number of anilines is 1. The maximum Gasteiger partial charge on any atom is 0.243 e. The Balaban J connectivity index is 1.48. The van der Waals surface area contributed by atoms with Crippen LogP contribution in [0.15, 0.2) is 75.9 Å². The molecular formula is C24H26N4O4S2. The van der Waals surface area contributed by atoms with Gasteiger partial charge in [-0.3, -0.25) is 9.59 Å². The van der Waals surface area contributed by atoms with Crippen molar-refractivity contribution in [2.75, 3.05) is 11.9 Å². The van der Waals surface area contributed by atoms with Gasteiger partial charge in [0.05, 0.1) is 4.90 Å². The second-order valence-corrected chi connectivity index (χ2v) is 11.1. The molecule has 0 saturated carbocycles. The number of benzene rings is 2. The number of hydrogen-bond donors (Lipinski definition) is 1. The predicted molar refractivity (Wildman–Crippen MR) is 130 cm³/mol. The summed E-state index contributed by atoms with van der Waals surface area (Å²) in [5.74, 6) is -0.489. The Hall–Kier alpha value is -2.95. The van der Waals surface area contributed by atoms with Crippen molar-refractivity contribution in [2.45, 2.75) is 47.2 Å². The number of nitrogens with zero attached hydrogens (tertiary/aromatic N) is 3. The molecule has 1 saturated heterocycles. The fraction of sp³-hybridized carbons (Fsp3) is 0.292. The van der Waals surface area contributed by atoms with Crippen LogP contribution < -0.4 is 5.32 Å². The van der Waals surface area contributed by atoms with Crippen molar-refractivity contribution in [3.63, 3.8) is 0 Å². The lowest BCUT2D eigenvalue weighted by atomic mass is 10.0. The number of piperidine rings is 1. The van der Waals surface area contributed by atoms with Crippen molar-refractivity contribution >= 4 is 39.2 Å². The summed E-state index contributed by atoms with van der Waals surface area (Å²) in [5, 5.41) is 3.72. The van der Waals surface area contributed by atoms with E-state index in [2.05, 4.69) is 10.3 Å². The molecule has 1 aliphatic rings. The molecule has 1 fully saturated rings. The highest BCUT2D eigenvalue weighted by atomic mass is 32.2. The van der Waals surface area contributed by atoms with E-state index in [1.54, 1.807) is 18.3 Å². The van der Waals surface area contributed by atoms with E-state index in [0.29, 0.717) is 24.1 Å². The van der Waals surface area contributed by atoms with E-state index in [0.717, 1.165) is 16.5 Å². The Morgan fingerprint density at radius 1 is 1.06 bits per heavy atom. The van der Waals surface area contributed by atoms with Gasteiger partial charge in [0.15, 0.2) is 10.9 Å². The van der Waals surface area contributed by atoms with Crippen molar-refractivity contribution < 1.29 is 18.0 Å². The molecule has 1 aromatic heterocycles. The third kappa shape index (κ3) is 5.24. The first-order valence-electron chi connectivity index (χ1n) is 10.9. The molecule has 2 heterocycles. The first kappa shape index (κ1) is 24.2. The van der Waals surface area contributed by atoms with Crippen LogP contribution in [0.5, 0.6) is 0 Å². The summed E-state index contributed by atoms with van der Waals surface area (Å²) in [4.78, 5) is 30.0. The number of aromatic nitrogens is 2. The second kappa shape index (κ2) is 10.1. The quantitative estimate of drug-likeness (QED) is 0.495. The molecule has 10 heteroatoms. The molecule has 178 valence electrons. The van der Waals surface area contributed by atoms with Gasteiger partial charge >= 0.3 is 0 Å². The zero-order chi connectivity index (χ0) is 24.3. The molecule has 1 aliphatic heterocycles. The van der Waals surface area contributed by atoms with Gasteiger partial charge in [-0.25, -0.2) is 13.4 Å². The number of aryl methyl sites for hydroxylation is 1. The average Bonchev–Trinajstić information content (AvgIpc) is 3.24. The minimum atomic E-state index is -3.88. The summed E-state index contributed by atoms with van der Waals surface area (Å²) in [6.07, 6.45) is 5.52. The van der Waals surface area contributed by atoms with Gasteiger partial charge in [0, 0.05) is 42.1 Å². The van der Waals surface area contributed by atoms with Gasteiger partial charge in [-0.1, -0.05) is 30.3 Å². The highest BCUT2D eigenvalue weighted by Crippen LogP contribution is 2.29. The van der Waals surface area contributed by atoms with Crippen LogP contribution in [-0.2, 0) is 21.9 Å². The van der Waals surface area contributed by atoms with Gasteiger partial charge in [-0.05, 0) is 56.2 Å². The SMILES string of the molecule is CC(=O)c1ccc(S(=O)(=O)N2CCCCC2C(=O)Nc2ccc(Sc3nccn3C)cc2)cc1. The molecule has 1 unspecified atom stereocenters. The van der Waals surface area contributed by atoms with Crippen LogP contribution in [0.3, 0.4) is 0 Å². The number of sulfonamides is 1. The first-order valence-corrected chi connectivity index (χ1v) is 13.2. The first-order chi connectivity index (χ1) is 16.3. The molecule has 0 bridgehead atoms. The van der Waals surface area contributed by atoms with Crippen LogP contribution in [0, 0.1) is 0 Å².